The number of aromatic nitrogens is 1. The number of nitrogens with one attached hydrogen (secondary N) is 1. The number of carbonyl (C=O) groups excluding carboxylic acids is 1. The van der Waals surface area contributed by atoms with Gasteiger partial charge in [0.25, 0.3) is 5.91 Å². The van der Waals surface area contributed by atoms with Crippen molar-refractivity contribution in [3.05, 3.63) is 15.6 Å². The summed E-state index contributed by atoms with van der Waals surface area (Å²) in [6.07, 6.45) is 0.586. The summed E-state index contributed by atoms with van der Waals surface area (Å²) in [7, 11) is 0. The smallest absolute Gasteiger partial charge is 0.263 e. The summed E-state index contributed by atoms with van der Waals surface area (Å²) in [4.78, 5) is 16.4. The number of aliphatic hydroxyl groups excluding tert-OH is 1. The molecule has 0 atom stereocenters. The van der Waals surface area contributed by atoms with Gasteiger partial charge in [-0.15, -0.1) is 11.3 Å². The lowest BCUT2D eigenvalue weighted by Crippen LogP contribution is -2.24. The molecule has 1 rings (SSSR count). The minimum absolute atomic E-state index is 0.0958. The van der Waals surface area contributed by atoms with E-state index in [9.17, 15) is 4.79 Å². The minimum atomic E-state index is -0.0958. The number of aryl methyl sites for hydroxylation is 2. The summed E-state index contributed by atoms with van der Waals surface area (Å²) in [5.74, 6) is -0.0958. The van der Waals surface area contributed by atoms with Crippen molar-refractivity contribution in [2.45, 2.75) is 20.3 Å². The van der Waals surface area contributed by atoms with E-state index in [1.54, 1.807) is 0 Å². The van der Waals surface area contributed by atoms with Gasteiger partial charge in [-0.25, -0.2) is 4.98 Å². The molecule has 0 aliphatic carbocycles. The highest BCUT2D eigenvalue weighted by molar-refractivity contribution is 7.13. The van der Waals surface area contributed by atoms with Gasteiger partial charge in [0.05, 0.1) is 10.7 Å². The second kappa shape index (κ2) is 5.07. The largest absolute Gasteiger partial charge is 0.396 e. The molecule has 5 heteroatoms. The lowest BCUT2D eigenvalue weighted by molar-refractivity contribution is 0.0954. The molecule has 0 spiro atoms. The van der Waals surface area contributed by atoms with Crippen LogP contribution in [-0.2, 0) is 0 Å². The number of carbonyl (C=O) groups is 1. The first kappa shape index (κ1) is 11.1. The van der Waals surface area contributed by atoms with Crippen LogP contribution in [0.5, 0.6) is 0 Å². The highest BCUT2D eigenvalue weighted by Crippen LogP contribution is 2.16. The highest BCUT2D eigenvalue weighted by atomic mass is 32.1. The van der Waals surface area contributed by atoms with E-state index in [4.69, 9.17) is 5.11 Å². The van der Waals surface area contributed by atoms with Crippen molar-refractivity contribution in [3.8, 4) is 0 Å². The molecule has 0 unspecified atom stereocenters. The number of amides is 1. The van der Waals surface area contributed by atoms with Crippen LogP contribution in [0.3, 0.4) is 0 Å². The first-order valence-corrected chi connectivity index (χ1v) is 5.30. The molecule has 1 amide bonds. The molecule has 0 saturated carbocycles. The van der Waals surface area contributed by atoms with E-state index in [1.807, 2.05) is 13.8 Å². The zero-order chi connectivity index (χ0) is 10.6. The van der Waals surface area contributed by atoms with Crippen molar-refractivity contribution < 1.29 is 9.90 Å². The van der Waals surface area contributed by atoms with Gasteiger partial charge in [-0.2, -0.15) is 0 Å². The summed E-state index contributed by atoms with van der Waals surface area (Å²) >= 11 is 1.39. The standard InChI is InChI=1S/C9H14N2O2S/c1-6-8(14-7(2)11-6)9(13)10-4-3-5-12/h12H,3-5H2,1-2H3,(H,10,13). The van der Waals surface area contributed by atoms with Gasteiger partial charge < -0.3 is 10.4 Å². The number of nitrogens with zero attached hydrogens (tertiary/aromatic N) is 1. The Balaban J connectivity index is 2.56. The van der Waals surface area contributed by atoms with Gasteiger partial charge in [-0.1, -0.05) is 0 Å². The van der Waals surface area contributed by atoms with Crippen LogP contribution in [0.2, 0.25) is 0 Å². The van der Waals surface area contributed by atoms with Crippen molar-refractivity contribution in [3.63, 3.8) is 0 Å². The third-order valence-corrected chi connectivity index (χ3v) is 2.80. The quantitative estimate of drug-likeness (QED) is 0.731. The van der Waals surface area contributed by atoms with E-state index in [-0.39, 0.29) is 12.5 Å². The number of thiazole rings is 1. The van der Waals surface area contributed by atoms with Crippen LogP contribution in [0.4, 0.5) is 0 Å². The monoisotopic (exact) mass is 214 g/mol. The average Bonchev–Trinajstić information content (AvgIpc) is 2.45. The zero-order valence-electron chi connectivity index (χ0n) is 8.33. The van der Waals surface area contributed by atoms with E-state index in [1.165, 1.54) is 11.3 Å². The van der Waals surface area contributed by atoms with Crippen LogP contribution in [-0.4, -0.2) is 29.1 Å². The van der Waals surface area contributed by atoms with E-state index < -0.39 is 0 Å². The van der Waals surface area contributed by atoms with Gasteiger partial charge in [-0.05, 0) is 20.3 Å². The molecule has 1 aromatic heterocycles. The summed E-state index contributed by atoms with van der Waals surface area (Å²) in [5.41, 5.74) is 0.772. The van der Waals surface area contributed by atoms with Gasteiger partial charge in [0.1, 0.15) is 4.88 Å². The van der Waals surface area contributed by atoms with E-state index >= 15 is 0 Å². The van der Waals surface area contributed by atoms with Crippen LogP contribution >= 0.6 is 11.3 Å². The van der Waals surface area contributed by atoms with Gasteiger partial charge >= 0.3 is 0 Å². The topological polar surface area (TPSA) is 62.2 Å². The van der Waals surface area contributed by atoms with Gasteiger partial charge in [0.2, 0.25) is 0 Å². The van der Waals surface area contributed by atoms with Crippen molar-refractivity contribution in [2.75, 3.05) is 13.2 Å². The second-order valence-electron chi connectivity index (χ2n) is 2.98. The van der Waals surface area contributed by atoms with Gasteiger partial charge in [-0.3, -0.25) is 4.79 Å². The molecular weight excluding hydrogens is 200 g/mol. The Morgan fingerprint density at radius 3 is 2.79 bits per heavy atom. The summed E-state index contributed by atoms with van der Waals surface area (Å²) in [6, 6.07) is 0. The molecule has 0 fully saturated rings. The summed E-state index contributed by atoms with van der Waals surface area (Å²) in [5, 5.41) is 12.2. The Labute approximate surface area is 87.0 Å². The Hall–Kier alpha value is -0.940. The Bertz CT molecular complexity index is 323. The first-order valence-electron chi connectivity index (χ1n) is 4.48. The van der Waals surface area contributed by atoms with Crippen LogP contribution in [0.25, 0.3) is 0 Å². The maximum Gasteiger partial charge on any atom is 0.263 e. The fourth-order valence-corrected chi connectivity index (χ4v) is 1.94. The lowest BCUT2D eigenvalue weighted by Gasteiger charge is -2.01. The third kappa shape index (κ3) is 2.78. The predicted octanol–water partition coefficient (Wildman–Crippen LogP) is 0.872. The Kier molecular flexibility index (Phi) is 4.03. The van der Waals surface area contributed by atoms with Crippen molar-refractivity contribution in [1.29, 1.82) is 0 Å². The van der Waals surface area contributed by atoms with Crippen LogP contribution in [0.1, 0.15) is 26.8 Å². The van der Waals surface area contributed by atoms with Gasteiger partial charge in [0, 0.05) is 13.2 Å². The lowest BCUT2D eigenvalue weighted by atomic mass is 10.3. The maximum absolute atomic E-state index is 11.5. The normalized spacial score (nSPS) is 10.2. The Morgan fingerprint density at radius 1 is 1.57 bits per heavy atom. The molecule has 0 bridgehead atoms. The molecule has 0 aliphatic rings. The maximum atomic E-state index is 11.5. The molecule has 1 aromatic rings. The molecule has 0 aromatic carbocycles. The van der Waals surface area contributed by atoms with Crippen molar-refractivity contribution >= 4 is 17.2 Å². The first-order chi connectivity index (χ1) is 6.65. The second-order valence-corrected chi connectivity index (χ2v) is 4.18. The molecule has 14 heavy (non-hydrogen) atoms. The van der Waals surface area contributed by atoms with Crippen LogP contribution in [0, 0.1) is 13.8 Å². The third-order valence-electron chi connectivity index (χ3n) is 1.73. The molecule has 1 heterocycles. The molecule has 0 saturated heterocycles. The summed E-state index contributed by atoms with van der Waals surface area (Å²) in [6.45, 7) is 4.30. The van der Waals surface area contributed by atoms with E-state index in [2.05, 4.69) is 10.3 Å². The fourth-order valence-electron chi connectivity index (χ4n) is 1.10. The van der Waals surface area contributed by atoms with E-state index in [0.717, 1.165) is 10.7 Å². The summed E-state index contributed by atoms with van der Waals surface area (Å²) < 4.78 is 0. The minimum Gasteiger partial charge on any atom is -0.396 e. The van der Waals surface area contributed by atoms with Crippen molar-refractivity contribution in [1.82, 2.24) is 10.3 Å². The molecule has 0 aliphatic heterocycles. The van der Waals surface area contributed by atoms with Crippen molar-refractivity contribution in [2.24, 2.45) is 0 Å². The number of rotatable bonds is 4. The molecular formula is C9H14N2O2S. The molecule has 4 nitrogen and oxygen atoms in total. The van der Waals surface area contributed by atoms with Gasteiger partial charge in [0.15, 0.2) is 0 Å². The van der Waals surface area contributed by atoms with Crippen LogP contribution < -0.4 is 5.32 Å². The number of hydrogen-bond acceptors (Lipinski definition) is 4. The average molecular weight is 214 g/mol. The van der Waals surface area contributed by atoms with Crippen LogP contribution in [0.15, 0.2) is 0 Å². The SMILES string of the molecule is Cc1nc(C)c(C(=O)NCCCO)s1. The zero-order valence-corrected chi connectivity index (χ0v) is 9.15. The Morgan fingerprint density at radius 2 is 2.29 bits per heavy atom. The fraction of sp³-hybridized carbons (Fsp3) is 0.556. The molecule has 78 valence electrons. The molecule has 0 radical (unpaired) electrons. The number of hydrogen-bond donors (Lipinski definition) is 2. The molecule has 2 N–H and O–H groups in total. The number of aliphatic hydroxyl groups is 1. The predicted molar refractivity (Wildman–Crippen MR) is 55.6 cm³/mol. The highest BCUT2D eigenvalue weighted by Gasteiger charge is 2.12. The van der Waals surface area contributed by atoms with E-state index in [0.29, 0.717) is 17.8 Å².